The third-order valence-electron chi connectivity index (χ3n) is 3.53. The van der Waals surface area contributed by atoms with Gasteiger partial charge in [0.2, 0.25) is 0 Å². The van der Waals surface area contributed by atoms with E-state index in [1.54, 1.807) is 18.2 Å². The van der Waals surface area contributed by atoms with Gasteiger partial charge in [0.25, 0.3) is 5.91 Å². The topological polar surface area (TPSA) is 56.8 Å². The van der Waals surface area contributed by atoms with Crippen molar-refractivity contribution in [3.63, 3.8) is 0 Å². The molecule has 7 heteroatoms. The molecular weight excluding hydrogens is 344 g/mol. The zero-order valence-corrected chi connectivity index (χ0v) is 14.4. The number of amides is 1. The number of methoxy groups -OCH3 is 2. The van der Waals surface area contributed by atoms with E-state index in [1.165, 1.54) is 38.5 Å². The highest BCUT2D eigenvalue weighted by molar-refractivity contribution is 6.05. The van der Waals surface area contributed by atoms with Crippen molar-refractivity contribution in [1.82, 2.24) is 0 Å². The van der Waals surface area contributed by atoms with Crippen molar-refractivity contribution in [2.24, 2.45) is 0 Å². The summed E-state index contributed by atoms with van der Waals surface area (Å²) < 4.78 is 40.0. The fourth-order valence-electron chi connectivity index (χ4n) is 2.44. The Balaban J connectivity index is 2.36. The third kappa shape index (κ3) is 4.50. The molecule has 5 nitrogen and oxygen atoms in total. The number of nitrogens with one attached hydrogen (secondary N) is 1. The fourth-order valence-corrected chi connectivity index (χ4v) is 2.44. The maximum atomic E-state index is 12.6. The van der Waals surface area contributed by atoms with Crippen LogP contribution in [0.25, 0.3) is 0 Å². The second-order valence-electron chi connectivity index (χ2n) is 5.19. The van der Waals surface area contributed by atoms with Gasteiger partial charge in [0.15, 0.2) is 11.5 Å². The Bertz CT molecular complexity index is 793. The van der Waals surface area contributed by atoms with Crippen LogP contribution in [0.2, 0.25) is 0 Å². The van der Waals surface area contributed by atoms with Gasteiger partial charge in [-0.25, -0.2) is 0 Å². The van der Waals surface area contributed by atoms with Crippen LogP contribution < -0.4 is 19.5 Å². The van der Waals surface area contributed by atoms with Crippen LogP contribution in [0.15, 0.2) is 49.1 Å². The van der Waals surface area contributed by atoms with Crippen LogP contribution in [-0.2, 0) is 6.42 Å². The Morgan fingerprint density at radius 3 is 2.54 bits per heavy atom. The molecule has 0 aromatic heterocycles. The zero-order valence-electron chi connectivity index (χ0n) is 14.4. The minimum atomic E-state index is -2.99. The van der Waals surface area contributed by atoms with E-state index in [-0.39, 0.29) is 17.0 Å². The molecule has 0 aliphatic rings. The predicted molar refractivity (Wildman–Crippen MR) is 94.5 cm³/mol. The quantitative estimate of drug-likeness (QED) is 0.711. The van der Waals surface area contributed by atoms with Crippen LogP contribution in [0, 0.1) is 0 Å². The van der Waals surface area contributed by atoms with Crippen molar-refractivity contribution >= 4 is 11.6 Å². The van der Waals surface area contributed by atoms with Crippen LogP contribution in [0.3, 0.4) is 0 Å². The van der Waals surface area contributed by atoms with Crippen molar-refractivity contribution < 1.29 is 27.8 Å². The number of allylic oxidation sites excluding steroid dienone is 1. The summed E-state index contributed by atoms with van der Waals surface area (Å²) >= 11 is 0. The van der Waals surface area contributed by atoms with Crippen molar-refractivity contribution in [3.8, 4) is 17.2 Å². The molecule has 1 amide bonds. The molecule has 2 aromatic carbocycles. The number of benzene rings is 2. The minimum absolute atomic E-state index is 0.123. The number of anilines is 1. The standard InChI is InChI=1S/C19H19F2NO4/c1-4-7-12-10-13(11-16(24-2)17(12)25-3)18(23)22-14-8-5-6-9-15(14)26-19(20)21/h4-6,8-11,19H,1,7H2,2-3H3,(H,22,23). The van der Waals surface area contributed by atoms with Crippen molar-refractivity contribution in [2.45, 2.75) is 13.0 Å². The molecule has 0 saturated heterocycles. The lowest BCUT2D eigenvalue weighted by Crippen LogP contribution is -2.14. The van der Waals surface area contributed by atoms with Gasteiger partial charge in [-0.1, -0.05) is 18.2 Å². The Morgan fingerprint density at radius 2 is 1.92 bits per heavy atom. The predicted octanol–water partition coefficient (Wildman–Crippen LogP) is 4.29. The first-order valence-corrected chi connectivity index (χ1v) is 7.71. The molecular formula is C19H19F2NO4. The molecule has 1 N–H and O–H groups in total. The highest BCUT2D eigenvalue weighted by atomic mass is 19.3. The van der Waals surface area contributed by atoms with Gasteiger partial charge >= 0.3 is 6.61 Å². The van der Waals surface area contributed by atoms with Gasteiger partial charge in [0.05, 0.1) is 19.9 Å². The normalized spacial score (nSPS) is 10.3. The number of halogens is 2. The average molecular weight is 363 g/mol. The van der Waals surface area contributed by atoms with Gasteiger partial charge in [-0.3, -0.25) is 4.79 Å². The summed E-state index contributed by atoms with van der Waals surface area (Å²) in [5.41, 5.74) is 1.13. The number of hydrogen-bond acceptors (Lipinski definition) is 4. The summed E-state index contributed by atoms with van der Waals surface area (Å²) in [4.78, 5) is 12.6. The first-order chi connectivity index (χ1) is 12.5. The first-order valence-electron chi connectivity index (χ1n) is 7.71. The summed E-state index contributed by atoms with van der Waals surface area (Å²) in [7, 11) is 2.96. The molecule has 138 valence electrons. The van der Waals surface area contributed by atoms with Crippen LogP contribution in [0.4, 0.5) is 14.5 Å². The highest BCUT2D eigenvalue weighted by Gasteiger charge is 2.17. The Morgan fingerprint density at radius 1 is 1.19 bits per heavy atom. The van der Waals surface area contributed by atoms with Crippen molar-refractivity contribution in [3.05, 3.63) is 60.2 Å². The average Bonchev–Trinajstić information content (AvgIpc) is 2.62. The van der Waals surface area contributed by atoms with E-state index in [4.69, 9.17) is 9.47 Å². The molecule has 0 aliphatic heterocycles. The summed E-state index contributed by atoms with van der Waals surface area (Å²) in [5, 5.41) is 2.57. The molecule has 0 atom stereocenters. The van der Waals surface area contributed by atoms with Gasteiger partial charge < -0.3 is 19.5 Å². The molecule has 0 fully saturated rings. The summed E-state index contributed by atoms with van der Waals surface area (Å²) in [5.74, 6) is 0.267. The fraction of sp³-hybridized carbons (Fsp3) is 0.211. The summed E-state index contributed by atoms with van der Waals surface area (Å²) in [6, 6.07) is 9.10. The Kier molecular flexibility index (Phi) is 6.54. The number of hydrogen-bond donors (Lipinski definition) is 1. The lowest BCUT2D eigenvalue weighted by Gasteiger charge is -2.15. The van der Waals surface area contributed by atoms with Gasteiger partial charge in [-0.15, -0.1) is 6.58 Å². The Labute approximate surface area is 150 Å². The molecule has 0 aliphatic carbocycles. The van der Waals surface area contributed by atoms with Crippen LogP contribution >= 0.6 is 0 Å². The van der Waals surface area contributed by atoms with E-state index in [1.807, 2.05) is 0 Å². The van der Waals surface area contributed by atoms with Crippen LogP contribution in [-0.4, -0.2) is 26.7 Å². The van der Waals surface area contributed by atoms with E-state index < -0.39 is 12.5 Å². The van der Waals surface area contributed by atoms with E-state index in [9.17, 15) is 13.6 Å². The molecule has 0 saturated carbocycles. The smallest absolute Gasteiger partial charge is 0.387 e. The number of carbonyl (C=O) groups is 1. The van der Waals surface area contributed by atoms with Crippen molar-refractivity contribution in [1.29, 1.82) is 0 Å². The third-order valence-corrected chi connectivity index (χ3v) is 3.53. The maximum absolute atomic E-state index is 12.6. The number of alkyl halides is 2. The lowest BCUT2D eigenvalue weighted by atomic mass is 10.0. The minimum Gasteiger partial charge on any atom is -0.493 e. The molecule has 0 bridgehead atoms. The molecule has 0 spiro atoms. The number of para-hydroxylation sites is 2. The molecule has 2 aromatic rings. The van der Waals surface area contributed by atoms with Gasteiger partial charge in [0.1, 0.15) is 5.75 Å². The van der Waals surface area contributed by atoms with E-state index in [2.05, 4.69) is 16.6 Å². The largest absolute Gasteiger partial charge is 0.493 e. The number of ether oxygens (including phenoxy) is 3. The summed E-state index contributed by atoms with van der Waals surface area (Å²) in [6.07, 6.45) is 2.14. The number of carbonyl (C=O) groups excluding carboxylic acids is 1. The second kappa shape index (κ2) is 8.84. The molecule has 2 rings (SSSR count). The van der Waals surface area contributed by atoms with Gasteiger partial charge in [0, 0.05) is 11.1 Å². The SMILES string of the molecule is C=CCc1cc(C(=O)Nc2ccccc2OC(F)F)cc(OC)c1OC. The van der Waals surface area contributed by atoms with Gasteiger partial charge in [-0.2, -0.15) is 8.78 Å². The molecule has 0 unspecified atom stereocenters. The van der Waals surface area contributed by atoms with Crippen LogP contribution in [0.5, 0.6) is 17.2 Å². The Hall–Kier alpha value is -3.09. The van der Waals surface area contributed by atoms with E-state index in [0.29, 0.717) is 23.5 Å². The lowest BCUT2D eigenvalue weighted by molar-refractivity contribution is -0.0493. The zero-order chi connectivity index (χ0) is 19.1. The van der Waals surface area contributed by atoms with Crippen LogP contribution in [0.1, 0.15) is 15.9 Å². The summed E-state index contributed by atoms with van der Waals surface area (Å²) in [6.45, 7) is 0.692. The second-order valence-corrected chi connectivity index (χ2v) is 5.19. The first kappa shape index (κ1) is 19.2. The molecule has 26 heavy (non-hydrogen) atoms. The van der Waals surface area contributed by atoms with Gasteiger partial charge in [-0.05, 0) is 30.7 Å². The van der Waals surface area contributed by atoms with Crippen molar-refractivity contribution in [2.75, 3.05) is 19.5 Å². The number of rotatable bonds is 8. The van der Waals surface area contributed by atoms with E-state index in [0.717, 1.165) is 0 Å². The molecule has 0 heterocycles. The molecule has 0 radical (unpaired) electrons. The maximum Gasteiger partial charge on any atom is 0.387 e. The monoisotopic (exact) mass is 363 g/mol. The highest BCUT2D eigenvalue weighted by Crippen LogP contribution is 2.34. The van der Waals surface area contributed by atoms with E-state index >= 15 is 0 Å².